The van der Waals surface area contributed by atoms with Crippen LogP contribution in [-0.2, 0) is 9.57 Å². The van der Waals surface area contributed by atoms with Gasteiger partial charge in [-0.3, -0.25) is 14.4 Å². The first kappa shape index (κ1) is 23.3. The van der Waals surface area contributed by atoms with Crippen molar-refractivity contribution >= 4 is 40.6 Å². The molecule has 4 atom stereocenters. The summed E-state index contributed by atoms with van der Waals surface area (Å²) in [6.07, 6.45) is 2.08. The average molecular weight is 484 g/mol. The van der Waals surface area contributed by atoms with E-state index >= 15 is 0 Å². The van der Waals surface area contributed by atoms with Crippen molar-refractivity contribution < 1.29 is 19.8 Å². The minimum absolute atomic E-state index is 0.0324. The molecule has 0 amide bonds. The quantitative estimate of drug-likeness (QED) is 0.253. The lowest BCUT2D eigenvalue weighted by atomic mass is 10.0. The highest BCUT2D eigenvalue weighted by molar-refractivity contribution is 7.97. The van der Waals surface area contributed by atoms with Crippen molar-refractivity contribution in [3.63, 3.8) is 0 Å². The van der Waals surface area contributed by atoms with Crippen LogP contribution in [0.1, 0.15) is 33.1 Å². The Morgan fingerprint density at radius 1 is 1.28 bits per heavy atom. The summed E-state index contributed by atoms with van der Waals surface area (Å²) in [5.74, 6) is -0.188. The van der Waals surface area contributed by atoms with E-state index in [1.54, 1.807) is 6.07 Å². The SMILES string of the molecule is CC[C@@H](Nc1c(Nc2ccc(Cl)c(SN3CC(O)CO3)c2O)c(=O)c1=O)C1CCC(C)O1. The molecule has 2 fully saturated rings. The van der Waals surface area contributed by atoms with E-state index in [2.05, 4.69) is 10.6 Å². The zero-order valence-electron chi connectivity index (χ0n) is 17.8. The number of benzene rings is 1. The molecule has 4 rings (SSSR count). The van der Waals surface area contributed by atoms with E-state index in [1.807, 2.05) is 13.8 Å². The van der Waals surface area contributed by atoms with Crippen molar-refractivity contribution in [2.24, 2.45) is 0 Å². The molecule has 0 aliphatic carbocycles. The fourth-order valence-electron chi connectivity index (χ4n) is 3.90. The fourth-order valence-corrected chi connectivity index (χ4v) is 5.07. The number of nitrogens with one attached hydrogen (secondary N) is 2. The second-order valence-electron chi connectivity index (χ2n) is 8.08. The van der Waals surface area contributed by atoms with Gasteiger partial charge in [0.2, 0.25) is 0 Å². The summed E-state index contributed by atoms with van der Waals surface area (Å²) in [6, 6.07) is 2.99. The predicted molar refractivity (Wildman–Crippen MR) is 124 cm³/mol. The van der Waals surface area contributed by atoms with Gasteiger partial charge in [-0.1, -0.05) is 18.5 Å². The molecule has 2 saturated heterocycles. The van der Waals surface area contributed by atoms with Gasteiger partial charge in [-0.05, 0) is 50.3 Å². The molecule has 2 aliphatic rings. The maximum Gasteiger partial charge on any atom is 0.253 e. The third kappa shape index (κ3) is 4.61. The monoisotopic (exact) mass is 483 g/mol. The van der Waals surface area contributed by atoms with Crippen molar-refractivity contribution in [1.82, 2.24) is 4.47 Å². The number of aliphatic hydroxyl groups excluding tert-OH is 1. The van der Waals surface area contributed by atoms with Crippen molar-refractivity contribution in [2.75, 3.05) is 23.8 Å². The largest absolute Gasteiger partial charge is 0.505 e. The van der Waals surface area contributed by atoms with E-state index in [9.17, 15) is 19.8 Å². The second kappa shape index (κ2) is 9.58. The number of aromatic hydroxyl groups is 1. The first-order valence-electron chi connectivity index (χ1n) is 10.6. The van der Waals surface area contributed by atoms with Crippen molar-refractivity contribution in [3.05, 3.63) is 37.6 Å². The summed E-state index contributed by atoms with van der Waals surface area (Å²) in [4.78, 5) is 30.2. The lowest BCUT2D eigenvalue weighted by Gasteiger charge is -2.26. The number of phenolic OH excluding ortho intramolecular Hbond substituents is 1. The molecular weight excluding hydrogens is 458 g/mol. The van der Waals surface area contributed by atoms with E-state index in [1.165, 1.54) is 10.5 Å². The molecule has 174 valence electrons. The van der Waals surface area contributed by atoms with Gasteiger partial charge in [-0.15, -0.1) is 4.47 Å². The minimum atomic E-state index is -0.655. The van der Waals surface area contributed by atoms with Gasteiger partial charge < -0.3 is 25.6 Å². The Kier molecular flexibility index (Phi) is 6.99. The maximum absolute atomic E-state index is 12.3. The number of ether oxygens (including phenoxy) is 1. The summed E-state index contributed by atoms with van der Waals surface area (Å²) in [5, 5.41) is 26.7. The molecule has 9 nitrogen and oxygen atoms in total. The van der Waals surface area contributed by atoms with Crippen LogP contribution in [0.3, 0.4) is 0 Å². The summed E-state index contributed by atoms with van der Waals surface area (Å²) >= 11 is 7.28. The number of anilines is 3. The van der Waals surface area contributed by atoms with Crippen LogP contribution in [0.2, 0.25) is 5.02 Å². The Morgan fingerprint density at radius 3 is 2.66 bits per heavy atom. The van der Waals surface area contributed by atoms with Crippen LogP contribution in [-0.4, -0.2) is 52.2 Å². The molecule has 0 saturated carbocycles. The smallest absolute Gasteiger partial charge is 0.253 e. The maximum atomic E-state index is 12.3. The van der Waals surface area contributed by atoms with Gasteiger partial charge in [0.1, 0.15) is 11.4 Å². The molecule has 2 heterocycles. The standard InChI is InChI=1S/C21H26ClN3O6S/c1-3-13(15-7-4-10(2)31-15)23-16-17(20(29)19(16)28)24-14-6-5-12(22)21(18(14)27)32-25-8-11(26)9-30-25/h5-6,10-11,13,15,23-24,26-27H,3-4,7-9H2,1-2H3/t10?,11?,13-,15?/m1/s1. The van der Waals surface area contributed by atoms with Crippen LogP contribution < -0.4 is 21.5 Å². The van der Waals surface area contributed by atoms with Gasteiger partial charge >= 0.3 is 0 Å². The molecule has 11 heteroatoms. The van der Waals surface area contributed by atoms with E-state index in [0.29, 0.717) is 4.90 Å². The molecule has 2 aliphatic heterocycles. The molecule has 0 spiro atoms. The molecule has 3 unspecified atom stereocenters. The number of hydrogen-bond donors (Lipinski definition) is 4. The molecule has 4 N–H and O–H groups in total. The molecule has 0 bridgehead atoms. The highest BCUT2D eigenvalue weighted by atomic mass is 35.5. The zero-order chi connectivity index (χ0) is 23.0. The van der Waals surface area contributed by atoms with Crippen molar-refractivity contribution in [1.29, 1.82) is 0 Å². The number of phenols is 1. The minimum Gasteiger partial charge on any atom is -0.505 e. The summed E-state index contributed by atoms with van der Waals surface area (Å²) in [6.45, 7) is 4.42. The van der Waals surface area contributed by atoms with Crippen LogP contribution in [0.5, 0.6) is 5.75 Å². The molecular formula is C21H26ClN3O6S. The van der Waals surface area contributed by atoms with E-state index < -0.39 is 17.0 Å². The zero-order valence-corrected chi connectivity index (χ0v) is 19.3. The topological polar surface area (TPSA) is 120 Å². The second-order valence-corrected chi connectivity index (χ2v) is 9.49. The lowest BCUT2D eigenvalue weighted by molar-refractivity contribution is -0.0215. The number of halogens is 1. The van der Waals surface area contributed by atoms with Gasteiger partial charge in [-0.2, -0.15) is 0 Å². The van der Waals surface area contributed by atoms with Gasteiger partial charge in [0.15, 0.2) is 5.75 Å². The van der Waals surface area contributed by atoms with Crippen LogP contribution in [0.15, 0.2) is 26.6 Å². The summed E-state index contributed by atoms with van der Waals surface area (Å²) in [5.41, 5.74) is -0.733. The van der Waals surface area contributed by atoms with E-state index in [-0.39, 0.29) is 59.2 Å². The third-order valence-electron chi connectivity index (χ3n) is 5.70. The van der Waals surface area contributed by atoms with Crippen molar-refractivity contribution in [3.8, 4) is 5.75 Å². The predicted octanol–water partition coefficient (Wildman–Crippen LogP) is 2.76. The van der Waals surface area contributed by atoms with E-state index in [4.69, 9.17) is 21.2 Å². The number of rotatable bonds is 8. The highest BCUT2D eigenvalue weighted by Crippen LogP contribution is 2.43. The first-order valence-corrected chi connectivity index (χ1v) is 11.7. The van der Waals surface area contributed by atoms with Crippen LogP contribution >= 0.6 is 23.5 Å². The molecule has 0 radical (unpaired) electrons. The normalized spacial score (nSPS) is 24.8. The molecule has 32 heavy (non-hydrogen) atoms. The molecule has 2 aromatic rings. The average Bonchev–Trinajstić information content (AvgIpc) is 3.39. The van der Waals surface area contributed by atoms with E-state index in [0.717, 1.165) is 31.2 Å². The number of aliphatic hydroxyl groups is 1. The van der Waals surface area contributed by atoms with Gasteiger partial charge in [0, 0.05) is 0 Å². The Hall–Kier alpha value is -1.82. The first-order chi connectivity index (χ1) is 15.3. The highest BCUT2D eigenvalue weighted by Gasteiger charge is 2.32. The number of nitrogens with zero attached hydrogens (tertiary/aromatic N) is 1. The van der Waals surface area contributed by atoms with Crippen molar-refractivity contribution in [2.45, 2.75) is 62.4 Å². The van der Waals surface area contributed by atoms with Gasteiger partial charge in [0.05, 0.1) is 53.1 Å². The van der Waals surface area contributed by atoms with Crippen LogP contribution in [0.4, 0.5) is 17.1 Å². The lowest BCUT2D eigenvalue weighted by Crippen LogP contribution is -2.42. The molecule has 0 aromatic heterocycles. The number of hydrogen-bond acceptors (Lipinski definition) is 10. The molecule has 2 aromatic carbocycles. The van der Waals surface area contributed by atoms with Gasteiger partial charge in [-0.25, -0.2) is 0 Å². The number of β-amino-alcohol motifs (C(OH)–C–C–N with tert-alkyl or cyclic N) is 1. The Morgan fingerprint density at radius 2 is 2.03 bits per heavy atom. The fraction of sp³-hybridized carbons (Fsp3) is 0.524. The number of hydroxylamine groups is 1. The van der Waals surface area contributed by atoms with Crippen LogP contribution in [0, 0.1) is 0 Å². The Bertz CT molecular complexity index is 1060. The van der Waals surface area contributed by atoms with Crippen LogP contribution in [0.25, 0.3) is 0 Å². The summed E-state index contributed by atoms with van der Waals surface area (Å²) < 4.78 is 7.35. The van der Waals surface area contributed by atoms with Gasteiger partial charge in [0.25, 0.3) is 10.9 Å². The third-order valence-corrected chi connectivity index (χ3v) is 7.18. The Balaban J connectivity index is 1.53. The Labute approximate surface area is 194 Å². The summed E-state index contributed by atoms with van der Waals surface area (Å²) in [7, 11) is 0.